The number of methoxy groups -OCH3 is 1. The van der Waals surface area contributed by atoms with E-state index in [9.17, 15) is 9.90 Å². The number of rotatable bonds is 2. The SMILES string of the molecule is COC(=O)c1ccc(O)c(-c2ccccc2)c1C. The average molecular weight is 242 g/mol. The maximum atomic E-state index is 11.6. The smallest absolute Gasteiger partial charge is 0.338 e. The number of hydrogen-bond donors (Lipinski definition) is 1. The van der Waals surface area contributed by atoms with E-state index < -0.39 is 5.97 Å². The molecule has 0 unspecified atom stereocenters. The highest BCUT2D eigenvalue weighted by Gasteiger charge is 2.16. The summed E-state index contributed by atoms with van der Waals surface area (Å²) >= 11 is 0. The van der Waals surface area contributed by atoms with Crippen LogP contribution in [-0.4, -0.2) is 18.2 Å². The third-order valence-corrected chi connectivity index (χ3v) is 2.91. The van der Waals surface area contributed by atoms with Gasteiger partial charge in [-0.1, -0.05) is 30.3 Å². The monoisotopic (exact) mass is 242 g/mol. The van der Waals surface area contributed by atoms with E-state index in [0.717, 1.165) is 5.56 Å². The molecule has 0 aliphatic heterocycles. The second kappa shape index (κ2) is 4.92. The van der Waals surface area contributed by atoms with Crippen LogP contribution in [0, 0.1) is 6.92 Å². The highest BCUT2D eigenvalue weighted by Crippen LogP contribution is 2.34. The van der Waals surface area contributed by atoms with Gasteiger partial charge in [-0.2, -0.15) is 0 Å². The number of esters is 1. The molecule has 0 saturated carbocycles. The summed E-state index contributed by atoms with van der Waals surface area (Å²) in [6, 6.07) is 12.6. The Labute approximate surface area is 106 Å². The summed E-state index contributed by atoms with van der Waals surface area (Å²) in [4.78, 5) is 11.6. The predicted molar refractivity (Wildman–Crippen MR) is 69.6 cm³/mol. The van der Waals surface area contributed by atoms with Crippen LogP contribution in [0.25, 0.3) is 11.1 Å². The maximum absolute atomic E-state index is 11.6. The Balaban J connectivity index is 2.64. The summed E-state index contributed by atoms with van der Waals surface area (Å²) < 4.78 is 4.73. The van der Waals surface area contributed by atoms with Crippen molar-refractivity contribution < 1.29 is 14.6 Å². The fourth-order valence-electron chi connectivity index (χ4n) is 2.00. The van der Waals surface area contributed by atoms with Gasteiger partial charge in [0.2, 0.25) is 0 Å². The van der Waals surface area contributed by atoms with Crippen LogP contribution in [-0.2, 0) is 4.74 Å². The number of hydrogen-bond acceptors (Lipinski definition) is 3. The third-order valence-electron chi connectivity index (χ3n) is 2.91. The van der Waals surface area contributed by atoms with E-state index in [0.29, 0.717) is 16.7 Å². The minimum atomic E-state index is -0.398. The zero-order chi connectivity index (χ0) is 13.1. The minimum Gasteiger partial charge on any atom is -0.507 e. The summed E-state index contributed by atoms with van der Waals surface area (Å²) in [7, 11) is 1.34. The molecule has 0 aliphatic carbocycles. The van der Waals surface area contributed by atoms with Crippen molar-refractivity contribution in [1.29, 1.82) is 0 Å². The highest BCUT2D eigenvalue weighted by molar-refractivity contribution is 5.94. The van der Waals surface area contributed by atoms with E-state index in [2.05, 4.69) is 0 Å². The second-order valence-electron chi connectivity index (χ2n) is 3.99. The van der Waals surface area contributed by atoms with Gasteiger partial charge < -0.3 is 9.84 Å². The number of phenols is 1. The Morgan fingerprint density at radius 2 is 1.78 bits per heavy atom. The second-order valence-corrected chi connectivity index (χ2v) is 3.99. The summed E-state index contributed by atoms with van der Waals surface area (Å²) in [6.45, 7) is 1.80. The van der Waals surface area contributed by atoms with Gasteiger partial charge in [0.05, 0.1) is 12.7 Å². The Morgan fingerprint density at radius 3 is 2.39 bits per heavy atom. The minimum absolute atomic E-state index is 0.159. The van der Waals surface area contributed by atoms with E-state index in [4.69, 9.17) is 4.74 Å². The molecule has 0 saturated heterocycles. The number of carbonyl (C=O) groups excluding carboxylic acids is 1. The van der Waals surface area contributed by atoms with Gasteiger partial charge in [-0.3, -0.25) is 0 Å². The first-order valence-corrected chi connectivity index (χ1v) is 5.61. The van der Waals surface area contributed by atoms with Crippen LogP contribution in [0.15, 0.2) is 42.5 Å². The molecule has 0 aliphatic rings. The molecule has 0 radical (unpaired) electrons. The van der Waals surface area contributed by atoms with E-state index in [-0.39, 0.29) is 5.75 Å². The van der Waals surface area contributed by atoms with Gasteiger partial charge in [-0.05, 0) is 30.2 Å². The van der Waals surface area contributed by atoms with Crippen LogP contribution in [0.1, 0.15) is 15.9 Å². The van der Waals surface area contributed by atoms with Crippen LogP contribution in [0.4, 0.5) is 0 Å². The van der Waals surface area contributed by atoms with Gasteiger partial charge in [0.15, 0.2) is 0 Å². The first kappa shape index (κ1) is 12.2. The first-order valence-electron chi connectivity index (χ1n) is 5.61. The average Bonchev–Trinajstić information content (AvgIpc) is 2.39. The molecule has 1 N–H and O–H groups in total. The number of benzene rings is 2. The molecule has 92 valence electrons. The molecule has 18 heavy (non-hydrogen) atoms. The van der Waals surface area contributed by atoms with Crippen LogP contribution < -0.4 is 0 Å². The van der Waals surface area contributed by atoms with Crippen molar-refractivity contribution in [2.75, 3.05) is 7.11 Å². The van der Waals surface area contributed by atoms with Crippen LogP contribution in [0.3, 0.4) is 0 Å². The van der Waals surface area contributed by atoms with E-state index in [1.54, 1.807) is 13.0 Å². The normalized spacial score (nSPS) is 10.1. The lowest BCUT2D eigenvalue weighted by molar-refractivity contribution is 0.0600. The zero-order valence-electron chi connectivity index (χ0n) is 10.3. The fraction of sp³-hybridized carbons (Fsp3) is 0.133. The van der Waals surface area contributed by atoms with Gasteiger partial charge in [0.1, 0.15) is 5.75 Å². The maximum Gasteiger partial charge on any atom is 0.338 e. The molecule has 0 fully saturated rings. The van der Waals surface area contributed by atoms with Gasteiger partial charge in [-0.25, -0.2) is 4.79 Å². The molecule has 2 aromatic carbocycles. The Kier molecular flexibility index (Phi) is 3.33. The number of aromatic hydroxyl groups is 1. The van der Waals surface area contributed by atoms with E-state index in [1.165, 1.54) is 13.2 Å². The van der Waals surface area contributed by atoms with Gasteiger partial charge >= 0.3 is 5.97 Å². The van der Waals surface area contributed by atoms with E-state index >= 15 is 0 Å². The Bertz CT molecular complexity index is 574. The molecule has 0 bridgehead atoms. The van der Waals surface area contributed by atoms with Gasteiger partial charge in [-0.15, -0.1) is 0 Å². The van der Waals surface area contributed by atoms with Gasteiger partial charge in [0, 0.05) is 5.56 Å². The highest BCUT2D eigenvalue weighted by atomic mass is 16.5. The Hall–Kier alpha value is -2.29. The predicted octanol–water partition coefficient (Wildman–Crippen LogP) is 3.15. The lowest BCUT2D eigenvalue weighted by Gasteiger charge is -2.12. The molecule has 2 aromatic rings. The summed E-state index contributed by atoms with van der Waals surface area (Å²) in [5.41, 5.74) is 2.72. The van der Waals surface area contributed by atoms with Crippen molar-refractivity contribution in [2.24, 2.45) is 0 Å². The van der Waals surface area contributed by atoms with E-state index in [1.807, 2.05) is 30.3 Å². The molecule has 2 rings (SSSR count). The quantitative estimate of drug-likeness (QED) is 0.823. The number of carbonyl (C=O) groups is 1. The van der Waals surface area contributed by atoms with Crippen molar-refractivity contribution in [1.82, 2.24) is 0 Å². The summed E-state index contributed by atoms with van der Waals surface area (Å²) in [6.07, 6.45) is 0. The lowest BCUT2D eigenvalue weighted by atomic mass is 9.95. The Morgan fingerprint density at radius 1 is 1.11 bits per heavy atom. The molecule has 0 spiro atoms. The molecule has 0 aromatic heterocycles. The largest absolute Gasteiger partial charge is 0.507 e. The molecular weight excluding hydrogens is 228 g/mol. The molecule has 3 heteroatoms. The molecular formula is C15H14O3. The van der Waals surface area contributed by atoms with Crippen molar-refractivity contribution in [2.45, 2.75) is 6.92 Å². The molecule has 0 atom stereocenters. The molecule has 3 nitrogen and oxygen atoms in total. The van der Waals surface area contributed by atoms with Crippen LogP contribution in [0.2, 0.25) is 0 Å². The van der Waals surface area contributed by atoms with Crippen molar-refractivity contribution in [3.05, 3.63) is 53.6 Å². The van der Waals surface area contributed by atoms with Crippen molar-refractivity contribution in [3.8, 4) is 16.9 Å². The fourth-order valence-corrected chi connectivity index (χ4v) is 2.00. The number of ether oxygens (including phenoxy) is 1. The standard InChI is InChI=1S/C15H14O3/c1-10-12(15(17)18-2)8-9-13(16)14(10)11-6-4-3-5-7-11/h3-9,16H,1-2H3. The summed E-state index contributed by atoms with van der Waals surface area (Å²) in [5, 5.41) is 9.97. The molecule has 0 heterocycles. The van der Waals surface area contributed by atoms with Gasteiger partial charge in [0.25, 0.3) is 0 Å². The topological polar surface area (TPSA) is 46.5 Å². The molecule has 0 amide bonds. The first-order chi connectivity index (χ1) is 8.65. The van der Waals surface area contributed by atoms with Crippen molar-refractivity contribution in [3.63, 3.8) is 0 Å². The van der Waals surface area contributed by atoms with Crippen molar-refractivity contribution >= 4 is 5.97 Å². The number of phenolic OH excluding ortho intramolecular Hbond substituents is 1. The third kappa shape index (κ3) is 2.07. The lowest BCUT2D eigenvalue weighted by Crippen LogP contribution is -2.04. The summed E-state index contributed by atoms with van der Waals surface area (Å²) in [5.74, 6) is -0.240. The zero-order valence-corrected chi connectivity index (χ0v) is 10.3. The van der Waals surface area contributed by atoms with Crippen LogP contribution >= 0.6 is 0 Å². The van der Waals surface area contributed by atoms with Crippen LogP contribution in [0.5, 0.6) is 5.75 Å².